The number of anilines is 1. The molecule has 2 aromatic carbocycles. The van der Waals surface area contributed by atoms with Gasteiger partial charge in [0.05, 0.1) is 0 Å². The van der Waals surface area contributed by atoms with E-state index in [2.05, 4.69) is 23.4 Å². The van der Waals surface area contributed by atoms with Crippen LogP contribution < -0.4 is 5.32 Å². The van der Waals surface area contributed by atoms with E-state index >= 15 is 0 Å². The number of rotatable bonds is 1. The van der Waals surface area contributed by atoms with Gasteiger partial charge in [-0.3, -0.25) is 0 Å². The number of nitrogens with one attached hydrogen (secondary N) is 1. The lowest BCUT2D eigenvalue weighted by Crippen LogP contribution is -1.91. The Balaban J connectivity index is 2.90. The molecule has 1 heteroatoms. The molecule has 0 spiro atoms. The third-order valence-corrected chi connectivity index (χ3v) is 2.33. The van der Waals surface area contributed by atoms with Crippen molar-refractivity contribution in [1.82, 2.24) is 0 Å². The predicted molar refractivity (Wildman–Crippen MR) is 61.4 cm³/mol. The van der Waals surface area contributed by atoms with Crippen LogP contribution in [0.1, 0.15) is 5.56 Å². The highest BCUT2D eigenvalue weighted by Gasteiger charge is 2.02. The fraction of sp³-hybridized carbons (Fsp3) is 0.0769. The van der Waals surface area contributed by atoms with Crippen LogP contribution >= 0.6 is 0 Å². The Hall–Kier alpha value is -1.94. The Labute approximate surface area is 83.8 Å². The molecule has 0 aliphatic heterocycles. The first-order chi connectivity index (χ1) is 6.86. The molecule has 0 aromatic heterocycles. The Morgan fingerprint density at radius 1 is 1.14 bits per heavy atom. The van der Waals surface area contributed by atoms with Crippen molar-refractivity contribution in [1.29, 1.82) is 0 Å². The minimum Gasteiger partial charge on any atom is -0.388 e. The number of benzene rings is 2. The van der Waals surface area contributed by atoms with Gasteiger partial charge in [0.25, 0.3) is 0 Å². The highest BCUT2D eigenvalue weighted by Crippen LogP contribution is 2.25. The van der Waals surface area contributed by atoms with Gasteiger partial charge in [-0.1, -0.05) is 30.2 Å². The smallest absolute Gasteiger partial charge is 0.0429 e. The fourth-order valence-corrected chi connectivity index (χ4v) is 1.67. The minimum atomic E-state index is 0.937. The summed E-state index contributed by atoms with van der Waals surface area (Å²) in [4.78, 5) is 0. The molecule has 0 saturated carbocycles. The molecule has 0 aliphatic rings. The van der Waals surface area contributed by atoms with Crippen molar-refractivity contribution < 1.29 is 0 Å². The van der Waals surface area contributed by atoms with Gasteiger partial charge in [-0.25, -0.2) is 0 Å². The van der Waals surface area contributed by atoms with Gasteiger partial charge in [-0.2, -0.15) is 0 Å². The maximum absolute atomic E-state index is 5.46. The van der Waals surface area contributed by atoms with Crippen molar-refractivity contribution in [2.75, 3.05) is 12.4 Å². The van der Waals surface area contributed by atoms with Gasteiger partial charge in [-0.15, -0.1) is 6.42 Å². The number of fused-ring (bicyclic) bond motifs is 1. The standard InChI is InChI=1S/C13H11N/c1-3-10-6-4-7-11-8-5-9-12(14-2)13(10)11/h1,4-9,14H,2H3. The zero-order valence-electron chi connectivity index (χ0n) is 8.04. The van der Waals surface area contributed by atoms with E-state index < -0.39 is 0 Å². The maximum atomic E-state index is 5.46. The van der Waals surface area contributed by atoms with Crippen molar-refractivity contribution in [3.05, 3.63) is 42.0 Å². The summed E-state index contributed by atoms with van der Waals surface area (Å²) >= 11 is 0. The van der Waals surface area contributed by atoms with Crippen LogP contribution in [0.3, 0.4) is 0 Å². The molecule has 0 aliphatic carbocycles. The van der Waals surface area contributed by atoms with E-state index in [9.17, 15) is 0 Å². The maximum Gasteiger partial charge on any atom is 0.0429 e. The molecule has 0 heterocycles. The quantitative estimate of drug-likeness (QED) is 0.667. The third-order valence-electron chi connectivity index (χ3n) is 2.33. The van der Waals surface area contributed by atoms with Gasteiger partial charge < -0.3 is 5.32 Å². The summed E-state index contributed by atoms with van der Waals surface area (Å²) < 4.78 is 0. The van der Waals surface area contributed by atoms with Crippen LogP contribution in [0.4, 0.5) is 5.69 Å². The van der Waals surface area contributed by atoms with E-state index in [1.807, 2.05) is 31.3 Å². The second kappa shape index (κ2) is 3.43. The summed E-state index contributed by atoms with van der Waals surface area (Å²) in [6.45, 7) is 0. The van der Waals surface area contributed by atoms with Gasteiger partial charge in [-0.05, 0) is 17.5 Å². The van der Waals surface area contributed by atoms with Crippen molar-refractivity contribution in [2.24, 2.45) is 0 Å². The number of hydrogen-bond donors (Lipinski definition) is 1. The van der Waals surface area contributed by atoms with E-state index in [-0.39, 0.29) is 0 Å². The molecule has 0 atom stereocenters. The molecule has 1 N–H and O–H groups in total. The number of terminal acetylenes is 1. The van der Waals surface area contributed by atoms with E-state index in [4.69, 9.17) is 6.42 Å². The third kappa shape index (κ3) is 1.22. The van der Waals surface area contributed by atoms with Crippen LogP contribution in [0.5, 0.6) is 0 Å². The van der Waals surface area contributed by atoms with Crippen LogP contribution in [-0.2, 0) is 0 Å². The molecule has 0 saturated heterocycles. The molecule has 14 heavy (non-hydrogen) atoms. The predicted octanol–water partition coefficient (Wildman–Crippen LogP) is 2.86. The van der Waals surface area contributed by atoms with Crippen LogP contribution in [0, 0.1) is 12.3 Å². The molecule has 0 bridgehead atoms. The second-order valence-corrected chi connectivity index (χ2v) is 3.10. The molecule has 68 valence electrons. The molecule has 2 rings (SSSR count). The summed E-state index contributed by atoms with van der Waals surface area (Å²) in [7, 11) is 1.90. The van der Waals surface area contributed by atoms with Crippen molar-refractivity contribution in [3.8, 4) is 12.3 Å². The van der Waals surface area contributed by atoms with E-state index in [1.54, 1.807) is 0 Å². The minimum absolute atomic E-state index is 0.937. The Morgan fingerprint density at radius 3 is 2.50 bits per heavy atom. The molecule has 0 fully saturated rings. The fourth-order valence-electron chi connectivity index (χ4n) is 1.67. The lowest BCUT2D eigenvalue weighted by molar-refractivity contribution is 1.54. The van der Waals surface area contributed by atoms with E-state index in [0.29, 0.717) is 0 Å². The highest BCUT2D eigenvalue weighted by molar-refractivity contribution is 5.98. The number of hydrogen-bond acceptors (Lipinski definition) is 1. The normalized spacial score (nSPS) is 9.71. The van der Waals surface area contributed by atoms with Gasteiger partial charge in [0, 0.05) is 23.7 Å². The zero-order chi connectivity index (χ0) is 9.97. The van der Waals surface area contributed by atoms with Gasteiger partial charge in [0.2, 0.25) is 0 Å². The lowest BCUT2D eigenvalue weighted by atomic mass is 10.0. The first-order valence-electron chi connectivity index (χ1n) is 4.53. The summed E-state index contributed by atoms with van der Waals surface area (Å²) in [6, 6.07) is 12.1. The average molecular weight is 181 g/mol. The Bertz CT molecular complexity index is 501. The molecular formula is C13H11N. The van der Waals surface area contributed by atoms with Crippen molar-refractivity contribution in [3.63, 3.8) is 0 Å². The summed E-state index contributed by atoms with van der Waals surface area (Å²) in [5.41, 5.74) is 2.02. The van der Waals surface area contributed by atoms with Crippen molar-refractivity contribution >= 4 is 16.5 Å². The van der Waals surface area contributed by atoms with Gasteiger partial charge >= 0.3 is 0 Å². The molecule has 2 aromatic rings. The topological polar surface area (TPSA) is 12.0 Å². The second-order valence-electron chi connectivity index (χ2n) is 3.10. The summed E-state index contributed by atoms with van der Waals surface area (Å²) in [5, 5.41) is 5.45. The zero-order valence-corrected chi connectivity index (χ0v) is 8.04. The van der Waals surface area contributed by atoms with E-state index in [1.165, 1.54) is 5.39 Å². The Kier molecular flexibility index (Phi) is 2.12. The van der Waals surface area contributed by atoms with Crippen LogP contribution in [0.2, 0.25) is 0 Å². The van der Waals surface area contributed by atoms with Gasteiger partial charge in [0.1, 0.15) is 0 Å². The Morgan fingerprint density at radius 2 is 1.86 bits per heavy atom. The van der Waals surface area contributed by atoms with Crippen LogP contribution in [-0.4, -0.2) is 7.05 Å². The lowest BCUT2D eigenvalue weighted by Gasteiger charge is -2.07. The van der Waals surface area contributed by atoms with Crippen LogP contribution in [0.25, 0.3) is 10.8 Å². The molecule has 0 amide bonds. The molecule has 0 radical (unpaired) electrons. The highest BCUT2D eigenvalue weighted by atomic mass is 14.8. The monoisotopic (exact) mass is 181 g/mol. The summed E-state index contributed by atoms with van der Waals surface area (Å²) in [5.74, 6) is 2.70. The SMILES string of the molecule is C#Cc1cccc2cccc(NC)c12. The first-order valence-corrected chi connectivity index (χ1v) is 4.53. The average Bonchev–Trinajstić information content (AvgIpc) is 2.27. The molecular weight excluding hydrogens is 170 g/mol. The first kappa shape index (κ1) is 8.65. The molecule has 0 unspecified atom stereocenters. The largest absolute Gasteiger partial charge is 0.388 e. The van der Waals surface area contributed by atoms with Gasteiger partial charge in [0.15, 0.2) is 0 Å². The summed E-state index contributed by atoms with van der Waals surface area (Å²) in [6.07, 6.45) is 5.46. The van der Waals surface area contributed by atoms with Crippen molar-refractivity contribution in [2.45, 2.75) is 0 Å². The van der Waals surface area contributed by atoms with Crippen LogP contribution in [0.15, 0.2) is 36.4 Å². The molecule has 1 nitrogen and oxygen atoms in total. The van der Waals surface area contributed by atoms with E-state index in [0.717, 1.165) is 16.6 Å².